The van der Waals surface area contributed by atoms with Crippen LogP contribution in [0.3, 0.4) is 0 Å². The standard InChI is InChI=1S/C18H21N5O/c1-12-5-3-7-14-16(12)21-17(20-14)13-6-4-10-23(11-13)18(24)15-8-9-19-22(15)2/h3,5,7-9,13H,4,6,10-11H2,1-2H3,(H,20,21)/t13-/m0/s1. The van der Waals surface area contributed by atoms with Crippen LogP contribution in [0.15, 0.2) is 30.5 Å². The summed E-state index contributed by atoms with van der Waals surface area (Å²) in [5, 5.41) is 4.10. The lowest BCUT2D eigenvalue weighted by atomic mass is 9.97. The molecular weight excluding hydrogens is 302 g/mol. The number of rotatable bonds is 2. The average molecular weight is 323 g/mol. The minimum Gasteiger partial charge on any atom is -0.342 e. The highest BCUT2D eigenvalue weighted by atomic mass is 16.2. The molecule has 0 bridgehead atoms. The Morgan fingerprint density at radius 3 is 2.96 bits per heavy atom. The van der Waals surface area contributed by atoms with Gasteiger partial charge in [0.1, 0.15) is 11.5 Å². The molecular formula is C18H21N5O. The van der Waals surface area contributed by atoms with Gasteiger partial charge in [-0.2, -0.15) is 5.10 Å². The van der Waals surface area contributed by atoms with Gasteiger partial charge in [-0.05, 0) is 37.5 Å². The van der Waals surface area contributed by atoms with E-state index in [-0.39, 0.29) is 11.8 Å². The highest BCUT2D eigenvalue weighted by Crippen LogP contribution is 2.28. The number of H-pyrrole nitrogens is 1. The lowest BCUT2D eigenvalue weighted by molar-refractivity contribution is 0.0693. The molecule has 6 nitrogen and oxygen atoms in total. The maximum Gasteiger partial charge on any atom is 0.272 e. The molecule has 1 aliphatic rings. The van der Waals surface area contributed by atoms with Crippen LogP contribution in [-0.4, -0.2) is 43.6 Å². The molecule has 6 heteroatoms. The predicted octanol–water partition coefficient (Wildman–Crippen LogP) is 2.62. The van der Waals surface area contributed by atoms with Crippen molar-refractivity contribution in [2.24, 2.45) is 7.05 Å². The number of para-hydroxylation sites is 1. The van der Waals surface area contributed by atoms with Crippen LogP contribution < -0.4 is 0 Å². The van der Waals surface area contributed by atoms with Crippen LogP contribution in [0, 0.1) is 6.92 Å². The molecule has 3 heterocycles. The molecule has 1 aliphatic heterocycles. The monoisotopic (exact) mass is 323 g/mol. The fourth-order valence-corrected chi connectivity index (χ4v) is 3.52. The smallest absolute Gasteiger partial charge is 0.272 e. The lowest BCUT2D eigenvalue weighted by Crippen LogP contribution is -2.40. The molecule has 0 aliphatic carbocycles. The summed E-state index contributed by atoms with van der Waals surface area (Å²) in [6, 6.07) is 7.95. The Balaban J connectivity index is 1.59. The number of benzene rings is 1. The molecule has 1 fully saturated rings. The van der Waals surface area contributed by atoms with Gasteiger partial charge in [0.05, 0.1) is 11.0 Å². The van der Waals surface area contributed by atoms with E-state index in [1.165, 1.54) is 5.56 Å². The number of aryl methyl sites for hydroxylation is 2. The van der Waals surface area contributed by atoms with E-state index in [4.69, 9.17) is 4.98 Å². The molecule has 0 spiro atoms. The van der Waals surface area contributed by atoms with Crippen LogP contribution in [0.25, 0.3) is 11.0 Å². The van der Waals surface area contributed by atoms with Crippen molar-refractivity contribution in [2.45, 2.75) is 25.7 Å². The molecule has 124 valence electrons. The number of aromatic amines is 1. The number of carbonyl (C=O) groups is 1. The second-order valence-corrected chi connectivity index (χ2v) is 6.52. The van der Waals surface area contributed by atoms with Gasteiger partial charge in [-0.1, -0.05) is 12.1 Å². The highest BCUT2D eigenvalue weighted by molar-refractivity contribution is 5.92. The first-order chi connectivity index (χ1) is 11.6. The van der Waals surface area contributed by atoms with Gasteiger partial charge < -0.3 is 9.88 Å². The maximum absolute atomic E-state index is 12.7. The van der Waals surface area contributed by atoms with Crippen molar-refractivity contribution >= 4 is 16.9 Å². The van der Waals surface area contributed by atoms with E-state index < -0.39 is 0 Å². The number of carbonyl (C=O) groups excluding carboxylic acids is 1. The number of fused-ring (bicyclic) bond motifs is 1. The fourth-order valence-electron chi connectivity index (χ4n) is 3.52. The van der Waals surface area contributed by atoms with Crippen LogP contribution >= 0.6 is 0 Å². The van der Waals surface area contributed by atoms with Gasteiger partial charge in [0.2, 0.25) is 0 Å². The van der Waals surface area contributed by atoms with Crippen LogP contribution in [0.4, 0.5) is 0 Å². The third-order valence-electron chi connectivity index (χ3n) is 4.87. The van der Waals surface area contributed by atoms with Gasteiger partial charge in [-0.15, -0.1) is 0 Å². The summed E-state index contributed by atoms with van der Waals surface area (Å²) < 4.78 is 1.64. The van der Waals surface area contributed by atoms with E-state index in [1.807, 2.05) is 11.0 Å². The zero-order chi connectivity index (χ0) is 16.7. The number of hydrogen-bond acceptors (Lipinski definition) is 3. The van der Waals surface area contributed by atoms with Gasteiger partial charge in [-0.3, -0.25) is 9.48 Å². The summed E-state index contributed by atoms with van der Waals surface area (Å²) in [5.74, 6) is 1.29. The second kappa shape index (κ2) is 5.78. The minimum absolute atomic E-state index is 0.0481. The molecule has 3 aromatic rings. The number of imidazole rings is 1. The Morgan fingerprint density at radius 1 is 1.33 bits per heavy atom. The molecule has 24 heavy (non-hydrogen) atoms. The molecule has 1 saturated heterocycles. The Morgan fingerprint density at radius 2 is 2.21 bits per heavy atom. The van der Waals surface area contributed by atoms with Crippen molar-refractivity contribution in [3.63, 3.8) is 0 Å². The Kier molecular flexibility index (Phi) is 3.59. The normalized spacial score (nSPS) is 18.2. The number of piperidine rings is 1. The van der Waals surface area contributed by atoms with Crippen molar-refractivity contribution in [3.05, 3.63) is 47.5 Å². The first kappa shape index (κ1) is 14.9. The lowest BCUT2D eigenvalue weighted by Gasteiger charge is -2.31. The summed E-state index contributed by atoms with van der Waals surface area (Å²) in [6.45, 7) is 3.56. The van der Waals surface area contributed by atoms with E-state index >= 15 is 0 Å². The minimum atomic E-state index is 0.0481. The topological polar surface area (TPSA) is 66.8 Å². The largest absolute Gasteiger partial charge is 0.342 e. The molecule has 2 aromatic heterocycles. The van der Waals surface area contributed by atoms with Gasteiger partial charge in [-0.25, -0.2) is 4.98 Å². The first-order valence-corrected chi connectivity index (χ1v) is 8.36. The molecule has 0 unspecified atom stereocenters. The van der Waals surface area contributed by atoms with E-state index in [0.717, 1.165) is 36.2 Å². The Bertz CT molecular complexity index is 894. The van der Waals surface area contributed by atoms with Crippen LogP contribution in [0.1, 0.15) is 40.6 Å². The summed E-state index contributed by atoms with van der Waals surface area (Å²) in [6.07, 6.45) is 3.70. The molecule has 0 radical (unpaired) electrons. The van der Waals surface area contributed by atoms with Crippen LogP contribution in [0.2, 0.25) is 0 Å². The van der Waals surface area contributed by atoms with E-state index in [1.54, 1.807) is 24.0 Å². The number of aromatic nitrogens is 4. The van der Waals surface area contributed by atoms with Crippen molar-refractivity contribution in [1.82, 2.24) is 24.6 Å². The summed E-state index contributed by atoms with van der Waals surface area (Å²) in [4.78, 5) is 22.9. The summed E-state index contributed by atoms with van der Waals surface area (Å²) >= 11 is 0. The van der Waals surface area contributed by atoms with Crippen LogP contribution in [0.5, 0.6) is 0 Å². The molecule has 4 rings (SSSR count). The van der Waals surface area contributed by atoms with Gasteiger partial charge in [0, 0.05) is 32.3 Å². The molecule has 1 atom stereocenters. The van der Waals surface area contributed by atoms with Crippen molar-refractivity contribution in [3.8, 4) is 0 Å². The predicted molar refractivity (Wildman–Crippen MR) is 91.9 cm³/mol. The number of likely N-dealkylation sites (tertiary alicyclic amines) is 1. The third kappa shape index (κ3) is 2.48. The van der Waals surface area contributed by atoms with Gasteiger partial charge >= 0.3 is 0 Å². The van der Waals surface area contributed by atoms with E-state index in [9.17, 15) is 4.79 Å². The van der Waals surface area contributed by atoms with Crippen LogP contribution in [-0.2, 0) is 7.05 Å². The number of amides is 1. The zero-order valence-corrected chi connectivity index (χ0v) is 14.0. The SMILES string of the molecule is Cc1cccc2[nH]c([C@H]3CCCN(C(=O)c4ccnn4C)C3)nc12. The number of hydrogen-bond donors (Lipinski definition) is 1. The van der Waals surface area contributed by atoms with Crippen molar-refractivity contribution in [2.75, 3.05) is 13.1 Å². The fraction of sp³-hybridized carbons (Fsp3) is 0.389. The Hall–Kier alpha value is -2.63. The quantitative estimate of drug-likeness (QED) is 0.788. The average Bonchev–Trinajstić information content (AvgIpc) is 3.21. The van der Waals surface area contributed by atoms with Gasteiger partial charge in [0.15, 0.2) is 0 Å². The Labute approximate surface area is 140 Å². The van der Waals surface area contributed by atoms with E-state index in [2.05, 4.69) is 29.1 Å². The first-order valence-electron chi connectivity index (χ1n) is 8.36. The molecule has 1 amide bonds. The zero-order valence-electron chi connectivity index (χ0n) is 14.0. The van der Waals surface area contributed by atoms with E-state index in [0.29, 0.717) is 12.2 Å². The third-order valence-corrected chi connectivity index (χ3v) is 4.87. The number of nitrogens with zero attached hydrogens (tertiary/aromatic N) is 4. The summed E-state index contributed by atoms with van der Waals surface area (Å²) in [7, 11) is 1.80. The van der Waals surface area contributed by atoms with Crippen molar-refractivity contribution < 1.29 is 4.79 Å². The molecule has 0 saturated carbocycles. The second-order valence-electron chi connectivity index (χ2n) is 6.52. The highest BCUT2D eigenvalue weighted by Gasteiger charge is 2.28. The van der Waals surface area contributed by atoms with Crippen molar-refractivity contribution in [1.29, 1.82) is 0 Å². The maximum atomic E-state index is 12.7. The van der Waals surface area contributed by atoms with Gasteiger partial charge in [0.25, 0.3) is 5.91 Å². The summed E-state index contributed by atoms with van der Waals surface area (Å²) in [5.41, 5.74) is 3.91. The molecule has 1 aromatic carbocycles. The number of nitrogens with one attached hydrogen (secondary N) is 1. The molecule has 1 N–H and O–H groups in total.